The third kappa shape index (κ3) is 3.12. The summed E-state index contributed by atoms with van der Waals surface area (Å²) in [5.41, 5.74) is 5.50. The van der Waals surface area contributed by atoms with Crippen molar-refractivity contribution in [1.82, 2.24) is 4.98 Å². The summed E-state index contributed by atoms with van der Waals surface area (Å²) in [6, 6.07) is 12.4. The number of carbonyl (C=O) groups excluding carboxylic acids is 1. The third-order valence-corrected chi connectivity index (χ3v) is 5.77. The molecule has 128 valence electrons. The molecule has 0 radical (unpaired) electrons. The Morgan fingerprint density at radius 2 is 1.84 bits per heavy atom. The van der Waals surface area contributed by atoms with E-state index in [9.17, 15) is 4.79 Å². The number of nitrogens with zero attached hydrogens (tertiary/aromatic N) is 2. The van der Waals surface area contributed by atoms with Crippen LogP contribution < -0.4 is 10.2 Å². The van der Waals surface area contributed by atoms with E-state index in [1.165, 1.54) is 15.8 Å². The minimum absolute atomic E-state index is 0.0226. The van der Waals surface area contributed by atoms with Crippen LogP contribution >= 0.6 is 11.3 Å². The number of nitrogens with one attached hydrogen (secondary N) is 1. The summed E-state index contributed by atoms with van der Waals surface area (Å²) in [5.74, 6) is 0.120. The molecule has 1 aliphatic rings. The van der Waals surface area contributed by atoms with Gasteiger partial charge >= 0.3 is 0 Å². The van der Waals surface area contributed by atoms with E-state index in [4.69, 9.17) is 4.98 Å². The summed E-state index contributed by atoms with van der Waals surface area (Å²) in [5, 5.41) is 4.07. The van der Waals surface area contributed by atoms with E-state index in [0.29, 0.717) is 0 Å². The van der Waals surface area contributed by atoms with Gasteiger partial charge in [0.2, 0.25) is 5.91 Å². The molecule has 0 saturated carbocycles. The molecule has 0 atom stereocenters. The zero-order chi connectivity index (χ0) is 17.6. The smallest absolute Gasteiger partial charge is 0.231 e. The van der Waals surface area contributed by atoms with Crippen LogP contribution in [0.2, 0.25) is 0 Å². The second-order valence-corrected chi connectivity index (χ2v) is 7.89. The normalized spacial score (nSPS) is 14.6. The molecule has 0 spiro atoms. The first-order chi connectivity index (χ1) is 12.0. The van der Waals surface area contributed by atoms with Gasteiger partial charge in [-0.1, -0.05) is 35.1 Å². The van der Waals surface area contributed by atoms with Gasteiger partial charge < -0.3 is 10.2 Å². The molecule has 0 bridgehead atoms. The molecule has 2 heterocycles. The lowest BCUT2D eigenvalue weighted by molar-refractivity contribution is -0.120. The Morgan fingerprint density at radius 3 is 2.60 bits per heavy atom. The maximum atomic E-state index is 12.5. The van der Waals surface area contributed by atoms with Crippen LogP contribution in [-0.2, 0) is 4.79 Å². The van der Waals surface area contributed by atoms with E-state index in [1.54, 1.807) is 11.3 Å². The summed E-state index contributed by atoms with van der Waals surface area (Å²) in [6.45, 7) is 7.64. The minimum atomic E-state index is 0.0226. The highest BCUT2D eigenvalue weighted by atomic mass is 32.1. The summed E-state index contributed by atoms with van der Waals surface area (Å²) in [6.07, 6.45) is 0. The predicted octanol–water partition coefficient (Wildman–Crippen LogP) is 4.30. The van der Waals surface area contributed by atoms with Crippen LogP contribution in [0.3, 0.4) is 0 Å². The Hall–Kier alpha value is -2.40. The number of hydrogen-bond acceptors (Lipinski definition) is 4. The number of carbonyl (C=O) groups is 1. The SMILES string of the molecule is Cc1ccc(NC(=O)C2CN(c3nc4ccc(C)cc4s3)C2)c(C)c1. The molecule has 5 heteroatoms. The maximum Gasteiger partial charge on any atom is 0.231 e. The Bertz CT molecular complexity index is 957. The Balaban J connectivity index is 1.41. The summed E-state index contributed by atoms with van der Waals surface area (Å²) >= 11 is 1.70. The number of anilines is 2. The lowest BCUT2D eigenvalue weighted by Crippen LogP contribution is -2.52. The maximum absolute atomic E-state index is 12.5. The minimum Gasteiger partial charge on any atom is -0.346 e. The average Bonchev–Trinajstić information content (AvgIpc) is 2.91. The molecule has 1 aliphatic heterocycles. The Labute approximate surface area is 151 Å². The van der Waals surface area contributed by atoms with Crippen LogP contribution in [0.5, 0.6) is 0 Å². The van der Waals surface area contributed by atoms with E-state index < -0.39 is 0 Å². The van der Waals surface area contributed by atoms with Crippen molar-refractivity contribution in [2.75, 3.05) is 23.3 Å². The number of rotatable bonds is 3. The fourth-order valence-electron chi connectivity index (χ4n) is 3.14. The van der Waals surface area contributed by atoms with Crippen molar-refractivity contribution in [1.29, 1.82) is 0 Å². The van der Waals surface area contributed by atoms with Crippen molar-refractivity contribution in [3.05, 3.63) is 53.1 Å². The molecule has 0 unspecified atom stereocenters. The van der Waals surface area contributed by atoms with Gasteiger partial charge in [-0.3, -0.25) is 4.79 Å². The number of aryl methyl sites for hydroxylation is 3. The molecule has 25 heavy (non-hydrogen) atoms. The van der Waals surface area contributed by atoms with Gasteiger partial charge in [-0.15, -0.1) is 0 Å². The molecule has 1 saturated heterocycles. The van der Waals surface area contributed by atoms with Crippen molar-refractivity contribution in [2.45, 2.75) is 20.8 Å². The van der Waals surface area contributed by atoms with E-state index in [2.05, 4.69) is 48.3 Å². The van der Waals surface area contributed by atoms with E-state index >= 15 is 0 Å². The monoisotopic (exact) mass is 351 g/mol. The second-order valence-electron chi connectivity index (χ2n) is 6.88. The molecule has 1 N–H and O–H groups in total. The van der Waals surface area contributed by atoms with Crippen LogP contribution in [0, 0.1) is 26.7 Å². The molecule has 4 nitrogen and oxygen atoms in total. The van der Waals surface area contributed by atoms with Gasteiger partial charge in [-0.2, -0.15) is 0 Å². The molecule has 2 aromatic carbocycles. The molecular formula is C20H21N3OS. The largest absolute Gasteiger partial charge is 0.346 e. The zero-order valence-electron chi connectivity index (χ0n) is 14.7. The number of fused-ring (bicyclic) bond motifs is 1. The number of aromatic nitrogens is 1. The lowest BCUT2D eigenvalue weighted by atomic mass is 9.99. The highest BCUT2D eigenvalue weighted by Crippen LogP contribution is 2.33. The van der Waals surface area contributed by atoms with E-state index in [0.717, 1.165) is 35.0 Å². The molecule has 1 aromatic heterocycles. The Kier molecular flexibility index (Phi) is 3.96. The van der Waals surface area contributed by atoms with Gasteiger partial charge in [0.25, 0.3) is 0 Å². The molecule has 1 amide bonds. The quantitative estimate of drug-likeness (QED) is 0.765. The summed E-state index contributed by atoms with van der Waals surface area (Å²) < 4.78 is 1.21. The van der Waals surface area contributed by atoms with Gasteiger partial charge in [0.15, 0.2) is 5.13 Å². The van der Waals surface area contributed by atoms with Gasteiger partial charge in [-0.25, -0.2) is 4.98 Å². The molecule has 3 aromatic rings. The van der Waals surface area contributed by atoms with Crippen molar-refractivity contribution < 1.29 is 4.79 Å². The highest BCUT2D eigenvalue weighted by molar-refractivity contribution is 7.22. The molecular weight excluding hydrogens is 330 g/mol. The fourth-order valence-corrected chi connectivity index (χ4v) is 4.23. The number of benzene rings is 2. The van der Waals surface area contributed by atoms with Crippen LogP contribution in [0.1, 0.15) is 16.7 Å². The first-order valence-corrected chi connectivity index (χ1v) is 9.31. The standard InChI is InChI=1S/C20H21N3OS/c1-12-4-6-16(14(3)8-12)21-19(24)15-10-23(11-15)20-22-17-7-5-13(2)9-18(17)25-20/h4-9,15H,10-11H2,1-3H3,(H,21,24). The molecule has 0 aliphatic carbocycles. The predicted molar refractivity (Wildman–Crippen MR) is 105 cm³/mol. The third-order valence-electron chi connectivity index (χ3n) is 4.70. The van der Waals surface area contributed by atoms with Gasteiger partial charge in [0, 0.05) is 18.8 Å². The van der Waals surface area contributed by atoms with Crippen molar-refractivity contribution >= 4 is 38.3 Å². The van der Waals surface area contributed by atoms with Crippen molar-refractivity contribution in [3.63, 3.8) is 0 Å². The van der Waals surface area contributed by atoms with Crippen LogP contribution in [-0.4, -0.2) is 24.0 Å². The zero-order valence-corrected chi connectivity index (χ0v) is 15.5. The average molecular weight is 351 g/mol. The van der Waals surface area contributed by atoms with Crippen LogP contribution in [0.25, 0.3) is 10.2 Å². The van der Waals surface area contributed by atoms with E-state index in [-0.39, 0.29) is 11.8 Å². The summed E-state index contributed by atoms with van der Waals surface area (Å²) in [4.78, 5) is 19.3. The number of hydrogen-bond donors (Lipinski definition) is 1. The van der Waals surface area contributed by atoms with Crippen LogP contribution in [0.15, 0.2) is 36.4 Å². The van der Waals surface area contributed by atoms with Gasteiger partial charge in [0.05, 0.1) is 16.1 Å². The van der Waals surface area contributed by atoms with Crippen LogP contribution in [0.4, 0.5) is 10.8 Å². The van der Waals surface area contributed by atoms with Crippen molar-refractivity contribution in [2.24, 2.45) is 5.92 Å². The first-order valence-electron chi connectivity index (χ1n) is 8.50. The first kappa shape index (κ1) is 16.1. The fraction of sp³-hybridized carbons (Fsp3) is 0.300. The molecule has 4 rings (SSSR count). The Morgan fingerprint density at radius 1 is 1.12 bits per heavy atom. The van der Waals surface area contributed by atoms with Crippen molar-refractivity contribution in [3.8, 4) is 0 Å². The van der Waals surface area contributed by atoms with E-state index in [1.807, 2.05) is 19.1 Å². The number of amides is 1. The lowest BCUT2D eigenvalue weighted by Gasteiger charge is -2.38. The van der Waals surface area contributed by atoms with Gasteiger partial charge in [0.1, 0.15) is 0 Å². The number of thiazole rings is 1. The highest BCUT2D eigenvalue weighted by Gasteiger charge is 2.34. The second kappa shape index (κ2) is 6.15. The topological polar surface area (TPSA) is 45.2 Å². The summed E-state index contributed by atoms with van der Waals surface area (Å²) in [7, 11) is 0. The molecule has 1 fully saturated rings. The van der Waals surface area contributed by atoms with Gasteiger partial charge in [-0.05, 0) is 50.1 Å².